The van der Waals surface area contributed by atoms with Gasteiger partial charge >= 0.3 is 0 Å². The Morgan fingerprint density at radius 3 is 2.36 bits per heavy atom. The summed E-state index contributed by atoms with van der Waals surface area (Å²) < 4.78 is 9.18. The van der Waals surface area contributed by atoms with Crippen LogP contribution in [0.2, 0.25) is 0 Å². The number of rotatable bonds is 18. The number of hydrogen-bond acceptors (Lipinski definition) is 6. The van der Waals surface area contributed by atoms with Gasteiger partial charge in [0.05, 0.1) is 12.1 Å². The highest BCUT2D eigenvalue weighted by molar-refractivity contribution is 7.17. The minimum absolute atomic E-state index is 0.0363. The first-order valence-electron chi connectivity index (χ1n) is 19.3. The zero-order chi connectivity index (χ0) is 35.7. The van der Waals surface area contributed by atoms with Crippen LogP contribution in [0.5, 0.6) is 5.75 Å². The summed E-state index contributed by atoms with van der Waals surface area (Å²) in [4.78, 5) is 30.9. The number of ether oxygens (including phenoxy) is 1. The molecule has 8 heteroatoms. The zero-order valence-electron chi connectivity index (χ0n) is 31.5. The Bertz CT molecular complexity index is 1640. The van der Waals surface area contributed by atoms with E-state index in [9.17, 15) is 9.59 Å². The van der Waals surface area contributed by atoms with Crippen molar-refractivity contribution in [2.75, 3.05) is 57.8 Å². The highest BCUT2D eigenvalue weighted by Crippen LogP contribution is 2.31. The van der Waals surface area contributed by atoms with Gasteiger partial charge in [-0.2, -0.15) is 0 Å². The smallest absolute Gasteiger partial charge is 0.251 e. The van der Waals surface area contributed by atoms with Crippen molar-refractivity contribution in [2.24, 2.45) is 5.92 Å². The quantitative estimate of drug-likeness (QED) is 0.0968. The maximum atomic E-state index is 12.1. The van der Waals surface area contributed by atoms with Crippen molar-refractivity contribution in [2.45, 2.75) is 98.4 Å². The Labute approximate surface area is 305 Å². The van der Waals surface area contributed by atoms with E-state index in [-0.39, 0.29) is 11.5 Å². The maximum Gasteiger partial charge on any atom is 0.251 e. The van der Waals surface area contributed by atoms with Gasteiger partial charge in [0.2, 0.25) is 5.91 Å². The maximum absolute atomic E-state index is 12.1. The van der Waals surface area contributed by atoms with E-state index in [1.807, 2.05) is 61.4 Å². The number of unbranched alkanes of at least 4 members (excludes halogenated alkanes) is 7. The second-order valence-electron chi connectivity index (χ2n) is 13.8. The predicted molar refractivity (Wildman–Crippen MR) is 214 cm³/mol. The molecule has 1 atom stereocenters. The van der Waals surface area contributed by atoms with Crippen LogP contribution in [0.15, 0.2) is 64.8 Å². The Morgan fingerprint density at radius 2 is 1.62 bits per heavy atom. The number of hydrogen-bond donors (Lipinski definition) is 0. The lowest BCUT2D eigenvalue weighted by Gasteiger charge is -2.36. The van der Waals surface area contributed by atoms with E-state index >= 15 is 0 Å². The summed E-state index contributed by atoms with van der Waals surface area (Å²) in [6.45, 7) is 16.1. The normalized spacial score (nSPS) is 14.1. The number of benzene rings is 2. The van der Waals surface area contributed by atoms with E-state index in [1.54, 1.807) is 10.6 Å². The SMILES string of the molecule is CCCCCCCCCN(C)C(=O)C(C)CC.CCn1c(=O)ccc2ccc(OCCCCN3CCN(c4cccc5sccc45)CC3)cc21. The van der Waals surface area contributed by atoms with Crippen molar-refractivity contribution in [1.29, 1.82) is 0 Å². The lowest BCUT2D eigenvalue weighted by molar-refractivity contribution is -0.133. The van der Waals surface area contributed by atoms with Crippen molar-refractivity contribution in [3.8, 4) is 5.75 Å². The fraction of sp³-hybridized carbons (Fsp3) is 0.571. The van der Waals surface area contributed by atoms with Crippen LogP contribution in [0.4, 0.5) is 5.69 Å². The molecule has 50 heavy (non-hydrogen) atoms. The Kier molecular flexibility index (Phi) is 16.6. The van der Waals surface area contributed by atoms with Gasteiger partial charge in [-0.1, -0.05) is 65.4 Å². The number of anilines is 1. The van der Waals surface area contributed by atoms with E-state index in [0.717, 1.165) is 81.6 Å². The summed E-state index contributed by atoms with van der Waals surface area (Å²) in [7, 11) is 1.94. The van der Waals surface area contributed by atoms with Crippen molar-refractivity contribution >= 4 is 43.9 Å². The van der Waals surface area contributed by atoms with Crippen LogP contribution in [0.25, 0.3) is 21.0 Å². The molecule has 1 fully saturated rings. The van der Waals surface area contributed by atoms with E-state index < -0.39 is 0 Å². The molecule has 1 aliphatic rings. The molecule has 2 aromatic heterocycles. The first-order chi connectivity index (χ1) is 24.4. The molecule has 0 N–H and O–H groups in total. The number of fused-ring (bicyclic) bond motifs is 2. The highest BCUT2D eigenvalue weighted by atomic mass is 32.1. The third kappa shape index (κ3) is 11.6. The fourth-order valence-electron chi connectivity index (χ4n) is 6.74. The molecule has 1 saturated heterocycles. The summed E-state index contributed by atoms with van der Waals surface area (Å²) in [5.74, 6) is 1.33. The van der Waals surface area contributed by atoms with E-state index in [1.165, 1.54) is 54.3 Å². The van der Waals surface area contributed by atoms with Crippen LogP contribution in [0.3, 0.4) is 0 Å². The molecule has 1 unspecified atom stereocenters. The molecule has 0 aliphatic carbocycles. The molecule has 7 nitrogen and oxygen atoms in total. The molecule has 0 bridgehead atoms. The van der Waals surface area contributed by atoms with Crippen LogP contribution in [-0.4, -0.2) is 73.2 Å². The molecule has 4 aromatic rings. The molecular formula is C42H62N4O3S. The number of carbonyl (C=O) groups excluding carboxylic acids is 1. The largest absolute Gasteiger partial charge is 0.494 e. The van der Waals surface area contributed by atoms with Gasteiger partial charge in [-0.3, -0.25) is 14.5 Å². The highest BCUT2D eigenvalue weighted by Gasteiger charge is 2.19. The Balaban J connectivity index is 0.000000282. The molecule has 0 saturated carbocycles. The third-order valence-corrected chi connectivity index (χ3v) is 11.0. The number of nitrogens with zero attached hydrogens (tertiary/aromatic N) is 4. The van der Waals surface area contributed by atoms with Gasteiger partial charge in [-0.15, -0.1) is 11.3 Å². The average Bonchev–Trinajstić information content (AvgIpc) is 3.63. The van der Waals surface area contributed by atoms with Crippen LogP contribution in [0.1, 0.15) is 91.9 Å². The monoisotopic (exact) mass is 702 g/mol. The van der Waals surface area contributed by atoms with Gasteiger partial charge in [0.25, 0.3) is 5.56 Å². The number of pyridine rings is 1. The molecular weight excluding hydrogens is 641 g/mol. The molecule has 0 spiro atoms. The van der Waals surface area contributed by atoms with Gasteiger partial charge in [0, 0.05) is 80.1 Å². The molecule has 3 heterocycles. The van der Waals surface area contributed by atoms with E-state index in [2.05, 4.69) is 53.3 Å². The van der Waals surface area contributed by atoms with Crippen LogP contribution >= 0.6 is 11.3 Å². The molecule has 1 aliphatic heterocycles. The van der Waals surface area contributed by atoms with Crippen LogP contribution < -0.4 is 15.2 Å². The molecule has 274 valence electrons. The Morgan fingerprint density at radius 1 is 0.880 bits per heavy atom. The summed E-state index contributed by atoms with van der Waals surface area (Å²) in [5.41, 5.74) is 2.36. The first-order valence-corrected chi connectivity index (χ1v) is 20.2. The predicted octanol–water partition coefficient (Wildman–Crippen LogP) is 9.46. The minimum atomic E-state index is 0.0363. The van der Waals surface area contributed by atoms with Crippen LogP contribution in [-0.2, 0) is 11.3 Å². The molecule has 0 radical (unpaired) electrons. The number of aryl methyl sites for hydroxylation is 1. The van der Waals surface area contributed by atoms with Gasteiger partial charge in [-0.25, -0.2) is 0 Å². The molecule has 5 rings (SSSR count). The number of carbonyl (C=O) groups is 1. The van der Waals surface area contributed by atoms with E-state index in [4.69, 9.17) is 4.74 Å². The van der Waals surface area contributed by atoms with Gasteiger partial charge in [0.15, 0.2) is 0 Å². The Hall–Kier alpha value is -3.36. The zero-order valence-corrected chi connectivity index (χ0v) is 32.3. The minimum Gasteiger partial charge on any atom is -0.494 e. The van der Waals surface area contributed by atoms with Gasteiger partial charge in [-0.05, 0) is 86.3 Å². The average molecular weight is 703 g/mol. The van der Waals surface area contributed by atoms with E-state index in [0.29, 0.717) is 19.1 Å². The lowest BCUT2D eigenvalue weighted by atomic mass is 10.1. The summed E-state index contributed by atoms with van der Waals surface area (Å²) in [6.07, 6.45) is 12.3. The van der Waals surface area contributed by atoms with Gasteiger partial charge in [0.1, 0.15) is 5.75 Å². The standard InChI is InChI=1S/C27H31N3O2S.C15H31NO/c1-2-30-25-20-22(10-8-21(25)9-11-27(30)31)32-18-4-3-13-28-14-16-29(17-15-28)24-6-5-7-26-23(24)12-19-33-26;1-5-7-8-9-10-11-12-13-16(4)15(17)14(3)6-2/h5-12,19-20H,2-4,13-18H2,1H3;14H,5-13H2,1-4H3. The van der Waals surface area contributed by atoms with Crippen molar-refractivity contribution in [3.63, 3.8) is 0 Å². The number of thiophene rings is 1. The summed E-state index contributed by atoms with van der Waals surface area (Å²) in [5, 5.41) is 4.64. The third-order valence-electron chi connectivity index (χ3n) is 10.1. The molecule has 1 amide bonds. The molecule has 2 aromatic carbocycles. The fourth-order valence-corrected chi connectivity index (χ4v) is 7.55. The van der Waals surface area contributed by atoms with Gasteiger partial charge < -0.3 is 19.1 Å². The first kappa shape index (κ1) is 39.4. The summed E-state index contributed by atoms with van der Waals surface area (Å²) in [6, 6.07) is 18.4. The lowest BCUT2D eigenvalue weighted by Crippen LogP contribution is -2.46. The van der Waals surface area contributed by atoms with Crippen molar-refractivity contribution in [1.82, 2.24) is 14.4 Å². The topological polar surface area (TPSA) is 58.0 Å². The summed E-state index contributed by atoms with van der Waals surface area (Å²) >= 11 is 1.82. The number of piperazine rings is 1. The second kappa shape index (κ2) is 21.1. The number of amides is 1. The van der Waals surface area contributed by atoms with Crippen LogP contribution in [0, 0.1) is 5.92 Å². The van der Waals surface area contributed by atoms with Crippen molar-refractivity contribution in [3.05, 3.63) is 70.3 Å². The number of aromatic nitrogens is 1. The van der Waals surface area contributed by atoms with Crippen molar-refractivity contribution < 1.29 is 9.53 Å². The second-order valence-corrected chi connectivity index (χ2v) is 14.8.